The van der Waals surface area contributed by atoms with Gasteiger partial charge >= 0.3 is 0 Å². The highest BCUT2D eigenvalue weighted by Crippen LogP contribution is 2.18. The molecule has 0 bridgehead atoms. The Morgan fingerprint density at radius 1 is 1.37 bits per heavy atom. The van der Waals surface area contributed by atoms with Gasteiger partial charge in [0.15, 0.2) is 12.4 Å². The van der Waals surface area contributed by atoms with Gasteiger partial charge in [0.2, 0.25) is 5.91 Å². The third-order valence-electron chi connectivity index (χ3n) is 3.64. The first-order valence-electron chi connectivity index (χ1n) is 7.87. The summed E-state index contributed by atoms with van der Waals surface area (Å²) in [5.74, 6) is -1.49. The molecule has 0 spiro atoms. The molecule has 0 radical (unpaired) electrons. The Morgan fingerprint density at radius 2 is 2.11 bits per heavy atom. The van der Waals surface area contributed by atoms with Crippen molar-refractivity contribution in [3.63, 3.8) is 0 Å². The maximum Gasteiger partial charge on any atom is 0.266 e. The molecule has 0 aliphatic rings. The predicted octanol–water partition coefficient (Wildman–Crippen LogP) is 1.15. The van der Waals surface area contributed by atoms with Crippen molar-refractivity contribution >= 4 is 17.8 Å². The number of ether oxygens (including phenoxy) is 1. The Kier molecular flexibility index (Phi) is 6.12. The van der Waals surface area contributed by atoms with Crippen LogP contribution in [0.5, 0.6) is 11.5 Å². The average molecular weight is 367 g/mol. The number of rotatable bonds is 7. The van der Waals surface area contributed by atoms with Crippen molar-refractivity contribution in [1.29, 1.82) is 5.26 Å². The number of primary amides is 1. The van der Waals surface area contributed by atoms with Crippen LogP contribution < -0.4 is 16.0 Å². The smallest absolute Gasteiger partial charge is 0.266 e. The third-order valence-corrected chi connectivity index (χ3v) is 3.64. The fourth-order valence-electron chi connectivity index (χ4n) is 2.42. The van der Waals surface area contributed by atoms with Crippen molar-refractivity contribution in [3.05, 3.63) is 63.6 Å². The van der Waals surface area contributed by atoms with Crippen LogP contribution in [-0.2, 0) is 11.3 Å². The van der Waals surface area contributed by atoms with Crippen LogP contribution in [0.25, 0.3) is 6.08 Å². The van der Waals surface area contributed by atoms with Crippen LogP contribution in [-0.4, -0.2) is 28.0 Å². The van der Waals surface area contributed by atoms with Crippen molar-refractivity contribution in [1.82, 2.24) is 4.57 Å². The number of nitriles is 1. The van der Waals surface area contributed by atoms with E-state index in [2.05, 4.69) is 0 Å². The number of amides is 1. The summed E-state index contributed by atoms with van der Waals surface area (Å²) in [5, 5.41) is 18.5. The minimum Gasteiger partial charge on any atom is -0.507 e. The van der Waals surface area contributed by atoms with E-state index >= 15 is 0 Å². The SMILES string of the molecule is Cc1cc(O)c(C(=O)C=Cc2cccc(OCC#N)c2)c(=O)n1CC(N)=O. The number of aromatic hydroxyl groups is 1. The van der Waals surface area contributed by atoms with E-state index in [0.717, 1.165) is 10.6 Å². The summed E-state index contributed by atoms with van der Waals surface area (Å²) >= 11 is 0. The molecular weight excluding hydrogens is 350 g/mol. The van der Waals surface area contributed by atoms with Crippen molar-refractivity contribution in [2.45, 2.75) is 13.5 Å². The van der Waals surface area contributed by atoms with Crippen molar-refractivity contribution in [2.75, 3.05) is 6.61 Å². The van der Waals surface area contributed by atoms with Crippen LogP contribution in [0.3, 0.4) is 0 Å². The minimum atomic E-state index is -0.799. The summed E-state index contributed by atoms with van der Waals surface area (Å²) in [7, 11) is 0. The fourth-order valence-corrected chi connectivity index (χ4v) is 2.42. The van der Waals surface area contributed by atoms with Gasteiger partial charge in [-0.15, -0.1) is 0 Å². The van der Waals surface area contributed by atoms with Crippen LogP contribution in [0.15, 0.2) is 41.2 Å². The summed E-state index contributed by atoms with van der Waals surface area (Å²) in [6.45, 7) is 1.01. The molecule has 0 atom stereocenters. The maximum atomic E-state index is 12.5. The van der Waals surface area contributed by atoms with Gasteiger partial charge in [0.25, 0.3) is 5.56 Å². The topological polar surface area (TPSA) is 135 Å². The molecule has 2 rings (SSSR count). The molecule has 27 heavy (non-hydrogen) atoms. The fraction of sp³-hybridized carbons (Fsp3) is 0.158. The number of carbonyl (C=O) groups excluding carboxylic acids is 2. The minimum absolute atomic E-state index is 0.108. The second-order valence-corrected chi connectivity index (χ2v) is 5.62. The molecule has 0 saturated heterocycles. The number of aryl methyl sites for hydroxylation is 1. The Morgan fingerprint density at radius 3 is 2.78 bits per heavy atom. The van der Waals surface area contributed by atoms with E-state index < -0.39 is 35.1 Å². The van der Waals surface area contributed by atoms with Gasteiger partial charge in [-0.05, 0) is 30.7 Å². The predicted molar refractivity (Wildman–Crippen MR) is 97.2 cm³/mol. The first kappa shape index (κ1) is 19.5. The Labute approximate surface area is 154 Å². The number of hydrogen-bond acceptors (Lipinski definition) is 6. The number of nitrogens with zero attached hydrogens (tertiary/aromatic N) is 2. The maximum absolute atomic E-state index is 12.5. The van der Waals surface area contributed by atoms with Crippen molar-refractivity contribution in [2.24, 2.45) is 5.73 Å². The number of allylic oxidation sites excluding steroid dienone is 1. The standard InChI is InChI=1S/C19H17N3O5/c1-12-9-16(24)18(19(26)22(12)11-17(21)25)15(23)6-5-13-3-2-4-14(10-13)27-8-7-20/h2-6,9-10,24H,8,11H2,1H3,(H2,21,25). The zero-order valence-electron chi connectivity index (χ0n) is 14.5. The number of carbonyl (C=O) groups is 2. The summed E-state index contributed by atoms with van der Waals surface area (Å²) in [6, 6.07) is 9.72. The van der Waals surface area contributed by atoms with E-state index in [1.54, 1.807) is 24.3 Å². The molecule has 0 saturated carbocycles. The molecule has 3 N–H and O–H groups in total. The lowest BCUT2D eigenvalue weighted by molar-refractivity contribution is -0.118. The normalized spacial score (nSPS) is 10.5. The monoisotopic (exact) mass is 367 g/mol. The largest absolute Gasteiger partial charge is 0.507 e. The summed E-state index contributed by atoms with van der Waals surface area (Å²) in [5.41, 5.74) is 4.77. The summed E-state index contributed by atoms with van der Waals surface area (Å²) in [6.07, 6.45) is 2.57. The lowest BCUT2D eigenvalue weighted by Crippen LogP contribution is -2.32. The first-order valence-corrected chi connectivity index (χ1v) is 7.87. The highest BCUT2D eigenvalue weighted by atomic mass is 16.5. The second-order valence-electron chi connectivity index (χ2n) is 5.62. The molecule has 1 amide bonds. The molecule has 8 nitrogen and oxygen atoms in total. The molecule has 0 fully saturated rings. The van der Waals surface area contributed by atoms with Crippen LogP contribution in [0.2, 0.25) is 0 Å². The summed E-state index contributed by atoms with van der Waals surface area (Å²) < 4.78 is 6.20. The first-order chi connectivity index (χ1) is 12.8. The van der Waals surface area contributed by atoms with E-state index in [-0.39, 0.29) is 6.61 Å². The van der Waals surface area contributed by atoms with Crippen molar-refractivity contribution < 1.29 is 19.4 Å². The molecule has 138 valence electrons. The van der Waals surface area contributed by atoms with Crippen LogP contribution in [0, 0.1) is 18.3 Å². The van der Waals surface area contributed by atoms with Gasteiger partial charge in [-0.3, -0.25) is 14.4 Å². The number of benzene rings is 1. The molecule has 0 aliphatic carbocycles. The van der Waals surface area contributed by atoms with Gasteiger partial charge in [-0.1, -0.05) is 18.2 Å². The average Bonchev–Trinajstić information content (AvgIpc) is 2.61. The highest BCUT2D eigenvalue weighted by molar-refractivity contribution is 6.08. The van der Waals surface area contributed by atoms with Gasteiger partial charge in [-0.25, -0.2) is 0 Å². The van der Waals surface area contributed by atoms with E-state index in [1.807, 2.05) is 6.07 Å². The summed E-state index contributed by atoms with van der Waals surface area (Å²) in [4.78, 5) is 36.0. The van der Waals surface area contributed by atoms with E-state index in [9.17, 15) is 19.5 Å². The molecule has 1 heterocycles. The lowest BCUT2D eigenvalue weighted by atomic mass is 10.1. The van der Waals surface area contributed by atoms with E-state index in [0.29, 0.717) is 17.0 Å². The Hall–Kier alpha value is -3.86. The Balaban J connectivity index is 2.33. The van der Waals surface area contributed by atoms with Gasteiger partial charge < -0.3 is 20.1 Å². The van der Waals surface area contributed by atoms with E-state index in [1.165, 1.54) is 19.1 Å². The van der Waals surface area contributed by atoms with Gasteiger partial charge in [0, 0.05) is 11.8 Å². The molecule has 2 aromatic rings. The quantitative estimate of drug-likeness (QED) is 0.556. The molecule has 0 aliphatic heterocycles. The number of hydrogen-bond donors (Lipinski definition) is 2. The Bertz CT molecular complexity index is 1010. The third kappa shape index (κ3) is 4.83. The van der Waals surface area contributed by atoms with Crippen LogP contribution >= 0.6 is 0 Å². The molecular formula is C19H17N3O5. The zero-order valence-corrected chi connectivity index (χ0v) is 14.5. The molecule has 8 heteroatoms. The number of pyridine rings is 1. The number of ketones is 1. The zero-order chi connectivity index (χ0) is 20.0. The van der Waals surface area contributed by atoms with Gasteiger partial charge in [0.1, 0.15) is 29.7 Å². The molecule has 1 aromatic heterocycles. The van der Waals surface area contributed by atoms with Crippen molar-refractivity contribution in [3.8, 4) is 17.6 Å². The second kappa shape index (κ2) is 8.49. The van der Waals surface area contributed by atoms with Gasteiger partial charge in [0.05, 0.1) is 0 Å². The molecule has 0 unspecified atom stereocenters. The van der Waals surface area contributed by atoms with Gasteiger partial charge in [-0.2, -0.15) is 5.26 Å². The van der Waals surface area contributed by atoms with E-state index in [4.69, 9.17) is 15.7 Å². The number of nitrogens with two attached hydrogens (primary N) is 1. The van der Waals surface area contributed by atoms with Crippen LogP contribution in [0.1, 0.15) is 21.6 Å². The number of aromatic nitrogens is 1. The lowest BCUT2D eigenvalue weighted by Gasteiger charge is -2.10. The highest BCUT2D eigenvalue weighted by Gasteiger charge is 2.18. The molecule has 1 aromatic carbocycles. The van der Waals surface area contributed by atoms with Crippen LogP contribution in [0.4, 0.5) is 0 Å².